The highest BCUT2D eigenvalue weighted by Gasteiger charge is 2.21. The fourth-order valence-electron chi connectivity index (χ4n) is 3.71. The molecule has 0 saturated heterocycles. The van der Waals surface area contributed by atoms with Gasteiger partial charge >= 0.3 is 0 Å². The maximum absolute atomic E-state index is 12.9. The third kappa shape index (κ3) is 4.48. The highest BCUT2D eigenvalue weighted by molar-refractivity contribution is 5.84. The van der Waals surface area contributed by atoms with Crippen LogP contribution in [0.3, 0.4) is 0 Å². The minimum Gasteiger partial charge on any atom is -0.396 e. The number of benzene rings is 1. The first kappa shape index (κ1) is 21.0. The van der Waals surface area contributed by atoms with Crippen LogP contribution in [0.4, 0.5) is 0 Å². The average molecular weight is 395 g/mol. The summed E-state index contributed by atoms with van der Waals surface area (Å²) in [4.78, 5) is 19.4. The molecule has 29 heavy (non-hydrogen) atoms. The number of hydrogen-bond donors (Lipinski definition) is 1. The van der Waals surface area contributed by atoms with Crippen molar-refractivity contribution in [1.82, 2.24) is 19.5 Å². The van der Waals surface area contributed by atoms with E-state index >= 15 is 0 Å². The number of fused-ring (bicyclic) bond motifs is 1. The lowest BCUT2D eigenvalue weighted by atomic mass is 10.0. The van der Waals surface area contributed by atoms with Crippen LogP contribution in [-0.2, 0) is 17.6 Å². The number of nitrogens with zero attached hydrogens (tertiary/aromatic N) is 4. The van der Waals surface area contributed by atoms with Crippen molar-refractivity contribution < 1.29 is 9.90 Å². The summed E-state index contributed by atoms with van der Waals surface area (Å²) in [6.07, 6.45) is 1.87. The van der Waals surface area contributed by atoms with E-state index in [1.165, 1.54) is 5.56 Å². The normalized spacial score (nSPS) is 11.2. The number of rotatable bonds is 8. The van der Waals surface area contributed by atoms with Gasteiger partial charge in [0.05, 0.1) is 12.1 Å². The molecule has 1 N–H and O–H groups in total. The highest BCUT2D eigenvalue weighted by Crippen LogP contribution is 2.28. The molecule has 0 fully saturated rings. The predicted molar refractivity (Wildman–Crippen MR) is 115 cm³/mol. The van der Waals surface area contributed by atoms with Crippen molar-refractivity contribution in [3.63, 3.8) is 0 Å². The molecule has 1 amide bonds. The van der Waals surface area contributed by atoms with Gasteiger partial charge in [-0.15, -0.1) is 0 Å². The molecule has 2 heterocycles. The summed E-state index contributed by atoms with van der Waals surface area (Å²) in [6, 6.07) is 10.2. The molecule has 3 rings (SSSR count). The Hall–Kier alpha value is -2.73. The summed E-state index contributed by atoms with van der Waals surface area (Å²) >= 11 is 0. The van der Waals surface area contributed by atoms with Crippen LogP contribution < -0.4 is 0 Å². The van der Waals surface area contributed by atoms with Gasteiger partial charge in [-0.1, -0.05) is 24.3 Å². The van der Waals surface area contributed by atoms with Crippen molar-refractivity contribution in [1.29, 1.82) is 0 Å². The third-order valence-corrected chi connectivity index (χ3v) is 5.29. The van der Waals surface area contributed by atoms with E-state index < -0.39 is 0 Å². The lowest BCUT2D eigenvalue weighted by Gasteiger charge is -2.18. The molecule has 0 atom stereocenters. The van der Waals surface area contributed by atoms with E-state index in [1.807, 2.05) is 55.3 Å². The molecule has 1 aromatic carbocycles. The van der Waals surface area contributed by atoms with Gasteiger partial charge in [-0.2, -0.15) is 5.10 Å². The van der Waals surface area contributed by atoms with Crippen LogP contribution in [0.1, 0.15) is 42.8 Å². The Morgan fingerprint density at radius 3 is 2.45 bits per heavy atom. The Labute approximate surface area is 172 Å². The Kier molecular flexibility index (Phi) is 6.64. The molecule has 2 aromatic heterocycles. The first-order chi connectivity index (χ1) is 14.0. The second-order valence-corrected chi connectivity index (χ2v) is 7.37. The number of hydrogen-bond acceptors (Lipinski definition) is 4. The maximum Gasteiger partial charge on any atom is 0.227 e. The van der Waals surface area contributed by atoms with Gasteiger partial charge in [0.15, 0.2) is 5.65 Å². The van der Waals surface area contributed by atoms with Crippen LogP contribution in [0.25, 0.3) is 16.9 Å². The van der Waals surface area contributed by atoms with Gasteiger partial charge in [0.2, 0.25) is 5.91 Å². The van der Waals surface area contributed by atoms with E-state index in [0.717, 1.165) is 46.7 Å². The first-order valence-corrected chi connectivity index (χ1v) is 10.3. The zero-order valence-electron chi connectivity index (χ0n) is 17.8. The molecule has 0 spiro atoms. The van der Waals surface area contributed by atoms with Crippen molar-refractivity contribution in [3.05, 3.63) is 52.8 Å². The Morgan fingerprint density at radius 2 is 1.83 bits per heavy atom. The number of amides is 1. The molecular weight excluding hydrogens is 364 g/mol. The number of carbonyl (C=O) groups is 1. The quantitative estimate of drug-likeness (QED) is 0.636. The van der Waals surface area contributed by atoms with Crippen LogP contribution >= 0.6 is 0 Å². The smallest absolute Gasteiger partial charge is 0.227 e. The van der Waals surface area contributed by atoms with Gasteiger partial charge in [0.1, 0.15) is 0 Å². The zero-order chi connectivity index (χ0) is 21.0. The minimum atomic E-state index is 0.0895. The van der Waals surface area contributed by atoms with Crippen LogP contribution in [0, 0.1) is 13.8 Å². The van der Waals surface area contributed by atoms with E-state index in [0.29, 0.717) is 13.1 Å². The van der Waals surface area contributed by atoms with E-state index in [-0.39, 0.29) is 18.9 Å². The van der Waals surface area contributed by atoms with Gasteiger partial charge in [-0.05, 0) is 52.2 Å². The molecule has 6 heteroatoms. The topological polar surface area (TPSA) is 70.7 Å². The number of likely N-dealkylation sites (N-methyl/N-ethyl adjacent to an activating group) is 1. The highest BCUT2D eigenvalue weighted by atomic mass is 16.2. The Balaban J connectivity index is 2.08. The number of carbonyl (C=O) groups excluding carboxylic acids is 1. The van der Waals surface area contributed by atoms with Crippen molar-refractivity contribution in [2.24, 2.45) is 0 Å². The third-order valence-electron chi connectivity index (χ3n) is 5.29. The molecule has 0 aliphatic heterocycles. The van der Waals surface area contributed by atoms with Gasteiger partial charge in [-0.25, -0.2) is 9.50 Å². The fourth-order valence-corrected chi connectivity index (χ4v) is 3.71. The van der Waals surface area contributed by atoms with Crippen molar-refractivity contribution in [2.75, 3.05) is 19.7 Å². The molecule has 0 aliphatic rings. The zero-order valence-corrected chi connectivity index (χ0v) is 17.8. The lowest BCUT2D eigenvalue weighted by molar-refractivity contribution is -0.130. The minimum absolute atomic E-state index is 0.0895. The van der Waals surface area contributed by atoms with Gasteiger partial charge < -0.3 is 10.0 Å². The molecule has 154 valence electrons. The molecular formula is C23H30N4O2. The molecule has 0 aliphatic carbocycles. The van der Waals surface area contributed by atoms with Crippen LogP contribution in [0.2, 0.25) is 0 Å². The fraction of sp³-hybridized carbons (Fsp3) is 0.435. The first-order valence-electron chi connectivity index (χ1n) is 10.3. The predicted octanol–water partition coefficient (Wildman–Crippen LogP) is 3.35. The number of aliphatic hydroxyl groups excluding tert-OH is 1. The van der Waals surface area contributed by atoms with Crippen LogP contribution in [-0.4, -0.2) is 50.2 Å². The Bertz CT molecular complexity index is 988. The molecule has 0 radical (unpaired) electrons. The van der Waals surface area contributed by atoms with E-state index in [9.17, 15) is 4.79 Å². The second kappa shape index (κ2) is 9.18. The van der Waals surface area contributed by atoms with Gasteiger partial charge in [0, 0.05) is 42.2 Å². The van der Waals surface area contributed by atoms with Crippen molar-refractivity contribution >= 4 is 11.6 Å². The average Bonchev–Trinajstić information content (AvgIpc) is 3.06. The summed E-state index contributed by atoms with van der Waals surface area (Å²) in [5, 5.41) is 13.9. The Morgan fingerprint density at radius 1 is 1.14 bits per heavy atom. The summed E-state index contributed by atoms with van der Waals surface area (Å²) < 4.78 is 1.84. The van der Waals surface area contributed by atoms with E-state index in [4.69, 9.17) is 15.2 Å². The summed E-state index contributed by atoms with van der Waals surface area (Å²) in [6.45, 7) is 9.53. The number of aliphatic hydroxyl groups is 1. The van der Waals surface area contributed by atoms with E-state index in [1.54, 1.807) is 0 Å². The summed E-state index contributed by atoms with van der Waals surface area (Å²) in [7, 11) is 0. The monoisotopic (exact) mass is 394 g/mol. The van der Waals surface area contributed by atoms with Crippen molar-refractivity contribution in [2.45, 2.75) is 47.0 Å². The van der Waals surface area contributed by atoms with Crippen LogP contribution in [0.5, 0.6) is 0 Å². The molecule has 6 nitrogen and oxygen atoms in total. The second-order valence-electron chi connectivity index (χ2n) is 7.37. The number of aromatic nitrogens is 3. The SMILES string of the molecule is CCN(CC)C(=O)Cc1c(-c2ccc(CCCO)cc2)nn2c(C)cc(C)nc12. The maximum atomic E-state index is 12.9. The number of aryl methyl sites for hydroxylation is 3. The summed E-state index contributed by atoms with van der Waals surface area (Å²) in [5.74, 6) is 0.0895. The van der Waals surface area contributed by atoms with Gasteiger partial charge in [0.25, 0.3) is 0 Å². The molecule has 0 bridgehead atoms. The molecule has 3 aromatic rings. The van der Waals surface area contributed by atoms with E-state index in [2.05, 4.69) is 12.1 Å². The molecule has 0 unspecified atom stereocenters. The standard InChI is InChI=1S/C23H30N4O2/c1-5-26(6-2)21(29)15-20-22(19-11-9-18(10-12-19)8-7-13-28)25-27-17(4)14-16(3)24-23(20)27/h9-12,14,28H,5-8,13,15H2,1-4H3. The van der Waals surface area contributed by atoms with Gasteiger partial charge in [-0.3, -0.25) is 4.79 Å². The van der Waals surface area contributed by atoms with Crippen molar-refractivity contribution in [3.8, 4) is 11.3 Å². The van der Waals surface area contributed by atoms with Crippen LogP contribution in [0.15, 0.2) is 30.3 Å². The largest absolute Gasteiger partial charge is 0.396 e. The summed E-state index contributed by atoms with van der Waals surface area (Å²) in [5.41, 5.74) is 6.49. The molecule has 0 saturated carbocycles. The lowest BCUT2D eigenvalue weighted by Crippen LogP contribution is -2.31.